The Kier molecular flexibility index (Phi) is 5.13. The van der Waals surface area contributed by atoms with Crippen molar-refractivity contribution in [1.29, 1.82) is 0 Å². The van der Waals surface area contributed by atoms with E-state index in [2.05, 4.69) is 18.7 Å². The molecule has 106 valence electrons. The van der Waals surface area contributed by atoms with E-state index < -0.39 is 0 Å². The molecule has 0 saturated carbocycles. The third-order valence-corrected chi connectivity index (χ3v) is 4.73. The van der Waals surface area contributed by atoms with Gasteiger partial charge < -0.3 is 5.73 Å². The van der Waals surface area contributed by atoms with Crippen molar-refractivity contribution in [2.24, 2.45) is 5.73 Å². The predicted molar refractivity (Wildman–Crippen MR) is 82.9 cm³/mol. The van der Waals surface area contributed by atoms with E-state index in [-0.39, 0.29) is 6.04 Å². The van der Waals surface area contributed by atoms with Crippen LogP contribution in [0.15, 0.2) is 18.2 Å². The lowest BCUT2D eigenvalue weighted by Crippen LogP contribution is -2.48. The van der Waals surface area contributed by atoms with E-state index >= 15 is 0 Å². The zero-order valence-electron chi connectivity index (χ0n) is 11.6. The number of rotatable bonds is 3. The number of halogens is 2. The molecule has 3 atom stereocenters. The maximum atomic E-state index is 6.35. The lowest BCUT2D eigenvalue weighted by atomic mass is 9.92. The van der Waals surface area contributed by atoms with Crippen molar-refractivity contribution in [1.82, 2.24) is 4.90 Å². The molecule has 1 aromatic carbocycles. The summed E-state index contributed by atoms with van der Waals surface area (Å²) in [6.45, 7) is 5.14. The summed E-state index contributed by atoms with van der Waals surface area (Å²) in [6.07, 6.45) is 3.75. The third-order valence-electron chi connectivity index (χ3n) is 4.17. The van der Waals surface area contributed by atoms with Gasteiger partial charge in [0, 0.05) is 34.7 Å². The van der Waals surface area contributed by atoms with Gasteiger partial charge in [-0.05, 0) is 44.4 Å². The van der Waals surface area contributed by atoms with E-state index in [9.17, 15) is 0 Å². The molecule has 1 saturated heterocycles. The van der Waals surface area contributed by atoms with Gasteiger partial charge in [0.05, 0.1) is 0 Å². The average Bonchev–Trinajstić information content (AvgIpc) is 2.35. The van der Waals surface area contributed by atoms with Crippen LogP contribution >= 0.6 is 23.2 Å². The van der Waals surface area contributed by atoms with Crippen LogP contribution in [0.3, 0.4) is 0 Å². The minimum Gasteiger partial charge on any atom is -0.329 e. The van der Waals surface area contributed by atoms with Crippen LogP contribution in [0, 0.1) is 0 Å². The highest BCUT2D eigenvalue weighted by Crippen LogP contribution is 2.35. The van der Waals surface area contributed by atoms with Crippen LogP contribution in [-0.2, 0) is 0 Å². The standard InChI is InChI=1S/C15H22Cl2N2/c1-10-4-3-5-11(2)19(10)15(9-18)13-7-6-12(16)8-14(13)17/h6-8,10-11,15H,3-5,9,18H2,1-2H3. The van der Waals surface area contributed by atoms with E-state index in [1.54, 1.807) is 6.07 Å². The molecule has 2 nitrogen and oxygen atoms in total. The largest absolute Gasteiger partial charge is 0.329 e. The summed E-state index contributed by atoms with van der Waals surface area (Å²) in [6, 6.07) is 6.98. The normalized spacial score (nSPS) is 26.4. The maximum Gasteiger partial charge on any atom is 0.0490 e. The van der Waals surface area contributed by atoms with E-state index in [0.717, 1.165) is 5.56 Å². The molecule has 0 aliphatic carbocycles. The highest BCUT2D eigenvalue weighted by atomic mass is 35.5. The van der Waals surface area contributed by atoms with Crippen LogP contribution in [-0.4, -0.2) is 23.5 Å². The van der Waals surface area contributed by atoms with E-state index in [1.807, 2.05) is 12.1 Å². The van der Waals surface area contributed by atoms with Crippen LogP contribution in [0.25, 0.3) is 0 Å². The van der Waals surface area contributed by atoms with Gasteiger partial charge in [0.1, 0.15) is 0 Å². The molecule has 0 bridgehead atoms. The highest BCUT2D eigenvalue weighted by Gasteiger charge is 2.32. The molecule has 0 amide bonds. The molecule has 0 aromatic heterocycles. The molecule has 19 heavy (non-hydrogen) atoms. The number of nitrogens with two attached hydrogens (primary N) is 1. The summed E-state index contributed by atoms with van der Waals surface area (Å²) in [5.41, 5.74) is 7.13. The van der Waals surface area contributed by atoms with E-state index in [4.69, 9.17) is 28.9 Å². The molecule has 0 spiro atoms. The minimum absolute atomic E-state index is 0.176. The Morgan fingerprint density at radius 3 is 2.42 bits per heavy atom. The Morgan fingerprint density at radius 2 is 1.89 bits per heavy atom. The molecule has 2 N–H and O–H groups in total. The van der Waals surface area contributed by atoms with Gasteiger partial charge in [-0.2, -0.15) is 0 Å². The van der Waals surface area contributed by atoms with E-state index in [0.29, 0.717) is 28.7 Å². The zero-order valence-corrected chi connectivity index (χ0v) is 13.1. The maximum absolute atomic E-state index is 6.35. The van der Waals surface area contributed by atoms with Gasteiger partial charge in [0.15, 0.2) is 0 Å². The first-order valence-corrected chi connectivity index (χ1v) is 7.72. The molecular formula is C15H22Cl2N2. The SMILES string of the molecule is CC1CCCC(C)N1C(CN)c1ccc(Cl)cc1Cl. The van der Waals surface area contributed by atoms with Gasteiger partial charge in [-0.25, -0.2) is 0 Å². The summed E-state index contributed by atoms with van der Waals surface area (Å²) in [7, 11) is 0. The lowest BCUT2D eigenvalue weighted by molar-refractivity contribution is 0.0578. The Labute approximate surface area is 125 Å². The molecule has 1 aliphatic rings. The number of nitrogens with zero attached hydrogens (tertiary/aromatic N) is 1. The Bertz CT molecular complexity index is 426. The fourth-order valence-corrected chi connectivity index (χ4v) is 3.77. The van der Waals surface area contributed by atoms with Crippen molar-refractivity contribution in [2.75, 3.05) is 6.54 Å². The first kappa shape index (κ1) is 15.1. The Balaban J connectivity index is 2.32. The quantitative estimate of drug-likeness (QED) is 0.904. The Morgan fingerprint density at radius 1 is 1.26 bits per heavy atom. The Hall–Kier alpha value is -0.280. The number of likely N-dealkylation sites (tertiary alicyclic amines) is 1. The minimum atomic E-state index is 0.176. The number of benzene rings is 1. The van der Waals surface area contributed by atoms with Crippen molar-refractivity contribution in [3.63, 3.8) is 0 Å². The molecular weight excluding hydrogens is 279 g/mol. The summed E-state index contributed by atoms with van der Waals surface area (Å²) in [4.78, 5) is 2.51. The first-order valence-electron chi connectivity index (χ1n) is 6.97. The summed E-state index contributed by atoms with van der Waals surface area (Å²) >= 11 is 12.3. The molecule has 0 radical (unpaired) electrons. The van der Waals surface area contributed by atoms with Crippen molar-refractivity contribution in [3.8, 4) is 0 Å². The summed E-state index contributed by atoms with van der Waals surface area (Å²) in [5, 5.41) is 1.39. The molecule has 1 fully saturated rings. The smallest absolute Gasteiger partial charge is 0.0490 e. The molecule has 2 rings (SSSR count). The second kappa shape index (κ2) is 6.45. The first-order chi connectivity index (χ1) is 9.04. The second-order valence-corrected chi connectivity index (χ2v) is 6.34. The van der Waals surface area contributed by atoms with Crippen LogP contribution in [0.5, 0.6) is 0 Å². The molecule has 4 heteroatoms. The van der Waals surface area contributed by atoms with Gasteiger partial charge in [0.25, 0.3) is 0 Å². The third kappa shape index (κ3) is 3.25. The van der Waals surface area contributed by atoms with Crippen LogP contribution in [0.2, 0.25) is 10.0 Å². The summed E-state index contributed by atoms with van der Waals surface area (Å²) in [5.74, 6) is 0. The molecule has 3 unspecified atom stereocenters. The highest BCUT2D eigenvalue weighted by molar-refractivity contribution is 6.35. The van der Waals surface area contributed by atoms with Gasteiger partial charge in [0.2, 0.25) is 0 Å². The van der Waals surface area contributed by atoms with Crippen molar-refractivity contribution in [3.05, 3.63) is 33.8 Å². The number of hydrogen-bond acceptors (Lipinski definition) is 2. The number of hydrogen-bond donors (Lipinski definition) is 1. The average molecular weight is 301 g/mol. The van der Waals surface area contributed by atoms with Gasteiger partial charge >= 0.3 is 0 Å². The van der Waals surface area contributed by atoms with Crippen molar-refractivity contribution in [2.45, 2.75) is 51.2 Å². The van der Waals surface area contributed by atoms with Gasteiger partial charge in [-0.15, -0.1) is 0 Å². The summed E-state index contributed by atoms with van der Waals surface area (Å²) < 4.78 is 0. The topological polar surface area (TPSA) is 29.3 Å². The lowest BCUT2D eigenvalue weighted by Gasteiger charge is -2.44. The molecule has 1 aliphatic heterocycles. The van der Waals surface area contributed by atoms with E-state index in [1.165, 1.54) is 19.3 Å². The van der Waals surface area contributed by atoms with Crippen LogP contribution in [0.4, 0.5) is 0 Å². The molecule has 1 aromatic rings. The van der Waals surface area contributed by atoms with Gasteiger partial charge in [-0.3, -0.25) is 4.90 Å². The number of piperidine rings is 1. The fourth-order valence-electron chi connectivity index (χ4n) is 3.24. The van der Waals surface area contributed by atoms with Gasteiger partial charge in [-0.1, -0.05) is 35.7 Å². The second-order valence-electron chi connectivity index (χ2n) is 5.49. The molecule has 1 heterocycles. The van der Waals surface area contributed by atoms with Crippen LogP contribution < -0.4 is 5.73 Å². The van der Waals surface area contributed by atoms with Crippen molar-refractivity contribution < 1.29 is 0 Å². The fraction of sp³-hybridized carbons (Fsp3) is 0.600. The zero-order chi connectivity index (χ0) is 14.0. The predicted octanol–water partition coefficient (Wildman–Crippen LogP) is 4.26. The monoisotopic (exact) mass is 300 g/mol. The van der Waals surface area contributed by atoms with Crippen LogP contribution in [0.1, 0.15) is 44.7 Å². The van der Waals surface area contributed by atoms with Crippen molar-refractivity contribution >= 4 is 23.2 Å².